The molecule has 0 fully saturated rings. The number of nitrogens with zero attached hydrogens (tertiary/aromatic N) is 2. The van der Waals surface area contributed by atoms with Crippen molar-refractivity contribution >= 4 is 0 Å². The van der Waals surface area contributed by atoms with E-state index in [0.717, 1.165) is 6.08 Å². The van der Waals surface area contributed by atoms with Crippen LogP contribution in [-0.2, 0) is 4.74 Å². The van der Waals surface area contributed by atoms with Crippen molar-refractivity contribution in [1.82, 2.24) is 0 Å². The quantitative estimate of drug-likeness (QED) is 0.760. The molecule has 0 saturated heterocycles. The topological polar surface area (TPSA) is 37.4 Å². The van der Waals surface area contributed by atoms with Crippen LogP contribution in [0.3, 0.4) is 0 Å². The Morgan fingerprint density at radius 1 is 1.16 bits per heavy atom. The van der Waals surface area contributed by atoms with Gasteiger partial charge in [0.15, 0.2) is 4.98 Å². The van der Waals surface area contributed by atoms with Gasteiger partial charge in [-0.2, -0.15) is 0 Å². The molecular formula is C13H10F3N2O+. The summed E-state index contributed by atoms with van der Waals surface area (Å²) in [6.07, 6.45) is 0.611. The smallest absolute Gasteiger partial charge is 0.202 e. The van der Waals surface area contributed by atoms with Gasteiger partial charge >= 0.3 is 12.1 Å². The Labute approximate surface area is 107 Å². The first-order valence-corrected chi connectivity index (χ1v) is 5.51. The molecule has 1 aliphatic rings. The third-order valence-electron chi connectivity index (χ3n) is 2.79. The highest BCUT2D eigenvalue weighted by Crippen LogP contribution is 2.41. The SMILES string of the molecule is N#[N+]C1(OC(F)(F)F)C=CC=CC1c1ccccc1. The van der Waals surface area contributed by atoms with Crippen molar-refractivity contribution in [2.75, 3.05) is 0 Å². The van der Waals surface area contributed by atoms with Crippen molar-refractivity contribution in [1.29, 1.82) is 5.39 Å². The van der Waals surface area contributed by atoms with Crippen molar-refractivity contribution in [2.24, 2.45) is 0 Å². The molecule has 0 spiro atoms. The fourth-order valence-electron chi connectivity index (χ4n) is 2.02. The number of ether oxygens (including phenoxy) is 1. The highest BCUT2D eigenvalue weighted by molar-refractivity contribution is 5.37. The first kappa shape index (κ1) is 13.3. The Kier molecular flexibility index (Phi) is 3.40. The van der Waals surface area contributed by atoms with E-state index in [-0.39, 0.29) is 0 Å². The molecule has 2 unspecified atom stereocenters. The molecule has 0 aromatic heterocycles. The minimum absolute atomic E-state index is 0.560. The van der Waals surface area contributed by atoms with E-state index in [1.54, 1.807) is 36.4 Å². The molecule has 2 atom stereocenters. The lowest BCUT2D eigenvalue weighted by molar-refractivity contribution is -0.353. The first-order valence-electron chi connectivity index (χ1n) is 5.51. The third-order valence-corrected chi connectivity index (χ3v) is 2.79. The second-order valence-electron chi connectivity index (χ2n) is 4.03. The fourth-order valence-corrected chi connectivity index (χ4v) is 2.02. The van der Waals surface area contributed by atoms with Gasteiger partial charge in [0.05, 0.1) is 0 Å². The van der Waals surface area contributed by atoms with Crippen LogP contribution in [0, 0.1) is 5.39 Å². The Balaban J connectivity index is 2.43. The number of halogens is 3. The lowest BCUT2D eigenvalue weighted by atomic mass is 9.85. The second kappa shape index (κ2) is 4.86. The van der Waals surface area contributed by atoms with Crippen molar-refractivity contribution < 1.29 is 17.9 Å². The van der Waals surface area contributed by atoms with Crippen LogP contribution in [0.4, 0.5) is 13.2 Å². The van der Waals surface area contributed by atoms with Crippen LogP contribution in [0.25, 0.3) is 4.98 Å². The Morgan fingerprint density at radius 2 is 1.84 bits per heavy atom. The van der Waals surface area contributed by atoms with Crippen molar-refractivity contribution in [3.05, 3.63) is 65.2 Å². The van der Waals surface area contributed by atoms with Gasteiger partial charge in [-0.15, -0.1) is 13.2 Å². The van der Waals surface area contributed by atoms with E-state index in [9.17, 15) is 13.2 Å². The summed E-state index contributed by atoms with van der Waals surface area (Å²) in [5, 5.41) is 9.05. The van der Waals surface area contributed by atoms with Gasteiger partial charge < -0.3 is 0 Å². The number of rotatable bonds is 2. The van der Waals surface area contributed by atoms with Crippen LogP contribution in [-0.4, -0.2) is 12.1 Å². The summed E-state index contributed by atoms with van der Waals surface area (Å²) in [6.45, 7) is 0. The molecular weight excluding hydrogens is 257 g/mol. The number of diazo groups is 1. The molecule has 0 heterocycles. The lowest BCUT2D eigenvalue weighted by Gasteiger charge is -2.23. The average Bonchev–Trinajstić information content (AvgIpc) is 2.38. The van der Waals surface area contributed by atoms with Gasteiger partial charge in [-0.25, -0.2) is 4.74 Å². The second-order valence-corrected chi connectivity index (χ2v) is 4.03. The van der Waals surface area contributed by atoms with Crippen molar-refractivity contribution in [3.8, 4) is 0 Å². The van der Waals surface area contributed by atoms with Gasteiger partial charge in [-0.05, 0) is 5.56 Å². The molecule has 6 heteroatoms. The zero-order valence-electron chi connectivity index (χ0n) is 9.71. The van der Waals surface area contributed by atoms with Crippen LogP contribution >= 0.6 is 0 Å². The standard InChI is InChI=1S/C13H10F3N2O/c14-13(15,16)19-12(18-17)9-5-4-8-11(12)10-6-2-1-3-7-10/h1-9,11H/q+1. The van der Waals surface area contributed by atoms with Gasteiger partial charge in [0, 0.05) is 6.08 Å². The monoisotopic (exact) mass is 267 g/mol. The maximum Gasteiger partial charge on any atom is 0.529 e. The van der Waals surface area contributed by atoms with Gasteiger partial charge in [-0.3, -0.25) is 0 Å². The van der Waals surface area contributed by atoms with Crippen LogP contribution in [0.1, 0.15) is 11.5 Å². The zero-order chi connectivity index (χ0) is 13.9. The van der Waals surface area contributed by atoms with Gasteiger partial charge in [-0.1, -0.05) is 48.6 Å². The number of hydrogen-bond acceptors (Lipinski definition) is 2. The van der Waals surface area contributed by atoms with Gasteiger partial charge in [0.2, 0.25) is 5.39 Å². The molecule has 1 aromatic carbocycles. The van der Waals surface area contributed by atoms with E-state index >= 15 is 0 Å². The van der Waals surface area contributed by atoms with Crippen LogP contribution in [0.5, 0.6) is 0 Å². The molecule has 0 radical (unpaired) electrons. The Morgan fingerprint density at radius 3 is 2.42 bits per heavy atom. The van der Waals surface area contributed by atoms with E-state index in [1.807, 2.05) is 0 Å². The van der Waals surface area contributed by atoms with Gasteiger partial charge in [0.1, 0.15) is 5.92 Å². The molecule has 1 aliphatic carbocycles. The highest BCUT2D eigenvalue weighted by Gasteiger charge is 2.59. The van der Waals surface area contributed by atoms with E-state index in [2.05, 4.69) is 9.71 Å². The summed E-state index contributed by atoms with van der Waals surface area (Å²) in [6, 6.07) is 8.42. The summed E-state index contributed by atoms with van der Waals surface area (Å²) >= 11 is 0. The molecule has 0 saturated carbocycles. The Bertz CT molecular complexity index is 545. The average molecular weight is 267 g/mol. The van der Waals surface area contributed by atoms with Crippen molar-refractivity contribution in [2.45, 2.75) is 18.0 Å². The summed E-state index contributed by atoms with van der Waals surface area (Å²) in [5.74, 6) is -0.856. The van der Waals surface area contributed by atoms with Crippen LogP contribution < -0.4 is 0 Å². The maximum atomic E-state index is 12.5. The molecule has 1 aromatic rings. The lowest BCUT2D eigenvalue weighted by Crippen LogP contribution is -2.39. The summed E-state index contributed by atoms with van der Waals surface area (Å²) in [5.41, 5.74) is -1.63. The Hall–Kier alpha value is -2.13. The zero-order valence-corrected chi connectivity index (χ0v) is 9.71. The van der Waals surface area contributed by atoms with Crippen molar-refractivity contribution in [3.63, 3.8) is 0 Å². The summed E-state index contributed by atoms with van der Waals surface area (Å²) in [4.78, 5) is 2.84. The maximum absolute atomic E-state index is 12.5. The largest absolute Gasteiger partial charge is 0.529 e. The van der Waals surface area contributed by atoms with E-state index in [4.69, 9.17) is 5.39 Å². The van der Waals surface area contributed by atoms with Crippen LogP contribution in [0.2, 0.25) is 0 Å². The predicted molar refractivity (Wildman–Crippen MR) is 62.4 cm³/mol. The number of alkyl halides is 3. The molecule has 0 N–H and O–H groups in total. The molecule has 2 rings (SSSR count). The molecule has 0 aliphatic heterocycles. The highest BCUT2D eigenvalue weighted by atomic mass is 19.4. The number of hydrogen-bond donors (Lipinski definition) is 0. The minimum atomic E-state index is -4.91. The minimum Gasteiger partial charge on any atom is -0.202 e. The van der Waals surface area contributed by atoms with Gasteiger partial charge in [0.25, 0.3) is 0 Å². The molecule has 0 bridgehead atoms. The van der Waals surface area contributed by atoms with Crippen LogP contribution in [0.15, 0.2) is 54.6 Å². The summed E-state index contributed by atoms with van der Waals surface area (Å²) < 4.78 is 41.6. The molecule has 0 amide bonds. The predicted octanol–water partition coefficient (Wildman–Crippen LogP) is 3.98. The van der Waals surface area contributed by atoms with E-state index in [0.29, 0.717) is 5.56 Å². The third kappa shape index (κ3) is 2.83. The number of benzene rings is 1. The molecule has 98 valence electrons. The molecule has 3 nitrogen and oxygen atoms in total. The fraction of sp³-hybridized carbons (Fsp3) is 0.231. The first-order chi connectivity index (χ1) is 8.97. The van der Waals surface area contributed by atoms with E-state index < -0.39 is 18.0 Å². The van der Waals surface area contributed by atoms with E-state index in [1.165, 1.54) is 12.2 Å². The molecule has 19 heavy (non-hydrogen) atoms. The normalized spacial score (nSPS) is 26.1. The summed E-state index contributed by atoms with van der Waals surface area (Å²) in [7, 11) is 0. The number of allylic oxidation sites excluding steroid dienone is 2.